The molecule has 0 aliphatic heterocycles. The Hall–Kier alpha value is -2.84. The van der Waals surface area contributed by atoms with Crippen LogP contribution < -0.4 is 14.8 Å². The molecular weight excluding hydrogens is 462 g/mol. The number of carbonyl (C=O) groups excluding carboxylic acids is 1. The summed E-state index contributed by atoms with van der Waals surface area (Å²) < 4.78 is 18.5. The van der Waals surface area contributed by atoms with Crippen LogP contribution in [0.4, 0.5) is 11.5 Å². The third-order valence-corrected chi connectivity index (χ3v) is 5.95. The lowest BCUT2D eigenvalue weighted by Crippen LogP contribution is -2.20. The molecule has 1 N–H and O–H groups in total. The largest absolute Gasteiger partial charge is 0.493 e. The van der Waals surface area contributed by atoms with Gasteiger partial charge in [0, 0.05) is 34.3 Å². The third kappa shape index (κ3) is 3.70. The van der Waals surface area contributed by atoms with Gasteiger partial charge in [0.2, 0.25) is 0 Å². The van der Waals surface area contributed by atoms with E-state index < -0.39 is 0 Å². The first kappa shape index (κ1) is 21.4. The number of carbonyl (C=O) groups is 1. The number of benzene rings is 2. The summed E-state index contributed by atoms with van der Waals surface area (Å²) in [5.74, 6) is 1.77. The van der Waals surface area contributed by atoms with Gasteiger partial charge < -0.3 is 19.5 Å². The Morgan fingerprint density at radius 1 is 1.16 bits per heavy atom. The minimum atomic E-state index is -0.244. The second-order valence-electron chi connectivity index (χ2n) is 7.24. The summed E-state index contributed by atoms with van der Waals surface area (Å²) in [6, 6.07) is 11.7. The number of nitrogens with one attached hydrogen (secondary N) is 1. The van der Waals surface area contributed by atoms with Crippen molar-refractivity contribution in [3.8, 4) is 22.8 Å². The van der Waals surface area contributed by atoms with E-state index in [4.69, 9.17) is 19.3 Å². The number of fused-ring (bicyclic) bond motifs is 3. The second-order valence-corrected chi connectivity index (χ2v) is 8.16. The van der Waals surface area contributed by atoms with Gasteiger partial charge in [-0.1, -0.05) is 28.9 Å². The van der Waals surface area contributed by atoms with E-state index in [2.05, 4.69) is 28.2 Å². The molecule has 8 heteroatoms. The van der Waals surface area contributed by atoms with Crippen LogP contribution in [-0.2, 0) is 4.74 Å². The first-order chi connectivity index (χ1) is 15.0. The molecule has 0 amide bonds. The predicted octanol–water partition coefficient (Wildman–Crippen LogP) is 5.22. The average Bonchev–Trinajstić information content (AvgIpc) is 3.27. The lowest BCUT2D eigenvalue weighted by molar-refractivity contribution is 0.0748. The molecule has 0 saturated heterocycles. The van der Waals surface area contributed by atoms with Crippen molar-refractivity contribution in [1.82, 2.24) is 9.78 Å². The van der Waals surface area contributed by atoms with Gasteiger partial charge in [-0.05, 0) is 42.3 Å². The molecule has 1 unspecified atom stereocenters. The Morgan fingerprint density at radius 2 is 1.90 bits per heavy atom. The van der Waals surface area contributed by atoms with E-state index in [1.54, 1.807) is 14.2 Å². The fourth-order valence-corrected chi connectivity index (χ4v) is 4.51. The van der Waals surface area contributed by atoms with Crippen molar-refractivity contribution in [1.29, 1.82) is 0 Å². The minimum absolute atomic E-state index is 0.0588. The molecule has 3 aromatic rings. The number of hydrogen-bond donors (Lipinski definition) is 1. The molecule has 7 nitrogen and oxygen atoms in total. The summed E-state index contributed by atoms with van der Waals surface area (Å²) in [4.78, 5) is 12.8. The molecule has 0 bridgehead atoms. The van der Waals surface area contributed by atoms with Gasteiger partial charge in [-0.3, -0.25) is 4.79 Å². The Labute approximate surface area is 189 Å². The highest BCUT2D eigenvalue weighted by Gasteiger charge is 2.37. The van der Waals surface area contributed by atoms with Crippen LogP contribution in [0.15, 0.2) is 40.9 Å². The Morgan fingerprint density at radius 3 is 2.55 bits per heavy atom. The number of ether oxygens (including phenoxy) is 3. The molecular formula is C23H24BrN3O4. The van der Waals surface area contributed by atoms with Crippen molar-refractivity contribution >= 4 is 33.3 Å². The molecule has 1 aliphatic carbocycles. The standard InChI is InChI=1S/C23H24BrN3O4/c1-5-15-16-10-18(30-3)19(31-4)11-17(16)22-21(15)23(27(26-22)20(28)12-29-2)25-14-8-6-7-13(24)9-14/h6-11,15,25H,5,12H2,1-4H3. The van der Waals surface area contributed by atoms with Crippen LogP contribution in [0, 0.1) is 0 Å². The smallest absolute Gasteiger partial charge is 0.274 e. The Bertz CT molecular complexity index is 1140. The summed E-state index contributed by atoms with van der Waals surface area (Å²) in [6.07, 6.45) is 0.840. The second kappa shape index (κ2) is 8.72. The zero-order valence-corrected chi connectivity index (χ0v) is 19.4. The number of hydrogen-bond acceptors (Lipinski definition) is 6. The van der Waals surface area contributed by atoms with Crippen LogP contribution >= 0.6 is 15.9 Å². The number of methoxy groups -OCH3 is 3. The van der Waals surface area contributed by atoms with Crippen molar-refractivity contribution in [2.75, 3.05) is 33.3 Å². The normalized spacial score (nSPS) is 14.2. The minimum Gasteiger partial charge on any atom is -0.493 e. The van der Waals surface area contributed by atoms with E-state index in [1.165, 1.54) is 11.8 Å². The monoisotopic (exact) mass is 485 g/mol. The van der Waals surface area contributed by atoms with Crippen molar-refractivity contribution in [3.63, 3.8) is 0 Å². The predicted molar refractivity (Wildman–Crippen MR) is 123 cm³/mol. The third-order valence-electron chi connectivity index (χ3n) is 5.46. The highest BCUT2D eigenvalue weighted by atomic mass is 79.9. The van der Waals surface area contributed by atoms with E-state index in [0.29, 0.717) is 17.3 Å². The molecule has 4 rings (SSSR count). The maximum atomic E-state index is 12.8. The number of halogens is 1. The topological polar surface area (TPSA) is 74.6 Å². The van der Waals surface area contributed by atoms with Crippen molar-refractivity contribution in [3.05, 3.63) is 52.0 Å². The maximum Gasteiger partial charge on any atom is 0.274 e. The number of anilines is 2. The number of nitrogens with zero attached hydrogens (tertiary/aromatic N) is 2. The van der Waals surface area contributed by atoms with Crippen molar-refractivity contribution < 1.29 is 19.0 Å². The molecule has 2 aromatic carbocycles. The van der Waals surface area contributed by atoms with E-state index in [-0.39, 0.29) is 18.4 Å². The van der Waals surface area contributed by atoms with Gasteiger partial charge >= 0.3 is 0 Å². The summed E-state index contributed by atoms with van der Waals surface area (Å²) in [6.45, 7) is 2.06. The fraction of sp³-hybridized carbons (Fsp3) is 0.304. The molecule has 31 heavy (non-hydrogen) atoms. The summed E-state index contributed by atoms with van der Waals surface area (Å²) >= 11 is 3.50. The molecule has 0 fully saturated rings. The van der Waals surface area contributed by atoms with E-state index in [1.807, 2.05) is 36.4 Å². The molecule has 1 aliphatic rings. The molecule has 162 valence electrons. The van der Waals surface area contributed by atoms with Crippen LogP contribution in [0.3, 0.4) is 0 Å². The van der Waals surface area contributed by atoms with Crippen LogP contribution in [0.5, 0.6) is 11.5 Å². The lowest BCUT2D eigenvalue weighted by atomic mass is 9.94. The Kier molecular flexibility index (Phi) is 6.02. The number of rotatable bonds is 7. The average molecular weight is 486 g/mol. The fourth-order valence-electron chi connectivity index (χ4n) is 4.12. The van der Waals surface area contributed by atoms with E-state index in [9.17, 15) is 4.79 Å². The van der Waals surface area contributed by atoms with E-state index in [0.717, 1.165) is 39.0 Å². The van der Waals surface area contributed by atoms with Gasteiger partial charge in [0.15, 0.2) is 11.5 Å². The molecule has 1 atom stereocenters. The number of aromatic nitrogens is 2. The summed E-state index contributed by atoms with van der Waals surface area (Å²) in [5.41, 5.74) is 4.66. The van der Waals surface area contributed by atoms with Gasteiger partial charge in [-0.15, -0.1) is 0 Å². The van der Waals surface area contributed by atoms with Gasteiger partial charge in [0.05, 0.1) is 19.9 Å². The molecule has 1 heterocycles. The van der Waals surface area contributed by atoms with Crippen LogP contribution in [0.25, 0.3) is 11.3 Å². The summed E-state index contributed by atoms with van der Waals surface area (Å²) in [7, 11) is 4.74. The Balaban J connectivity index is 1.92. The van der Waals surface area contributed by atoms with E-state index >= 15 is 0 Å². The zero-order valence-electron chi connectivity index (χ0n) is 17.9. The van der Waals surface area contributed by atoms with Crippen LogP contribution in [-0.4, -0.2) is 43.6 Å². The SMILES string of the molecule is CCC1c2cc(OC)c(OC)cc2-c2nn(C(=O)COC)c(Nc3cccc(Br)c3)c21. The van der Waals surface area contributed by atoms with Gasteiger partial charge in [0.25, 0.3) is 5.91 Å². The van der Waals surface area contributed by atoms with Crippen molar-refractivity contribution in [2.45, 2.75) is 19.3 Å². The zero-order chi connectivity index (χ0) is 22.1. The highest BCUT2D eigenvalue weighted by molar-refractivity contribution is 9.10. The van der Waals surface area contributed by atoms with Crippen molar-refractivity contribution in [2.24, 2.45) is 0 Å². The first-order valence-corrected chi connectivity index (χ1v) is 10.8. The van der Waals surface area contributed by atoms with Crippen LogP contribution in [0.2, 0.25) is 0 Å². The molecule has 0 radical (unpaired) electrons. The lowest BCUT2D eigenvalue weighted by Gasteiger charge is -2.17. The molecule has 1 aromatic heterocycles. The quantitative estimate of drug-likeness (QED) is 0.494. The van der Waals surface area contributed by atoms with Gasteiger partial charge in [0.1, 0.15) is 12.4 Å². The van der Waals surface area contributed by atoms with Gasteiger partial charge in [-0.2, -0.15) is 9.78 Å². The highest BCUT2D eigenvalue weighted by Crippen LogP contribution is 2.52. The molecule has 0 saturated carbocycles. The molecule has 0 spiro atoms. The summed E-state index contributed by atoms with van der Waals surface area (Å²) in [5, 5.41) is 8.14. The first-order valence-electron chi connectivity index (χ1n) is 9.96. The maximum absolute atomic E-state index is 12.8. The van der Waals surface area contributed by atoms with Crippen LogP contribution in [0.1, 0.15) is 35.2 Å². The van der Waals surface area contributed by atoms with Gasteiger partial charge in [-0.25, -0.2) is 0 Å².